The molecule has 2 aromatic rings. The van der Waals surface area contributed by atoms with Crippen LogP contribution in [-0.2, 0) is 7.05 Å². The van der Waals surface area contributed by atoms with Crippen LogP contribution in [0.5, 0.6) is 0 Å². The Balaban J connectivity index is 1.85. The number of aromatic nitrogens is 3. The summed E-state index contributed by atoms with van der Waals surface area (Å²) in [5, 5.41) is 8.20. The van der Waals surface area contributed by atoms with E-state index in [-0.39, 0.29) is 11.9 Å². The van der Waals surface area contributed by atoms with E-state index in [2.05, 4.69) is 10.3 Å². The predicted octanol–water partition coefficient (Wildman–Crippen LogP) is 1.69. The number of aryl methyl sites for hydroxylation is 2. The van der Waals surface area contributed by atoms with Crippen LogP contribution in [0.1, 0.15) is 40.8 Å². The summed E-state index contributed by atoms with van der Waals surface area (Å²) in [6, 6.07) is 3.65. The highest BCUT2D eigenvalue weighted by molar-refractivity contribution is 5.92. The molecule has 0 unspecified atom stereocenters. The van der Waals surface area contributed by atoms with Crippen LogP contribution in [-0.4, -0.2) is 32.3 Å². The number of likely N-dealkylation sites (tertiary alicyclic amines) is 1. The molecule has 1 amide bonds. The first kappa shape index (κ1) is 12.0. The molecule has 1 atom stereocenters. The summed E-state index contributed by atoms with van der Waals surface area (Å²) in [4.78, 5) is 14.3. The highest BCUT2D eigenvalue weighted by atomic mass is 16.5. The number of hydrogen-bond donors (Lipinski definition) is 0. The van der Waals surface area contributed by atoms with E-state index >= 15 is 0 Å². The molecule has 0 spiro atoms. The molecule has 1 aliphatic rings. The van der Waals surface area contributed by atoms with Gasteiger partial charge in [-0.15, -0.1) is 0 Å². The molecule has 0 bridgehead atoms. The fourth-order valence-electron chi connectivity index (χ4n) is 2.54. The monoisotopic (exact) mass is 260 g/mol. The van der Waals surface area contributed by atoms with Gasteiger partial charge in [-0.1, -0.05) is 5.16 Å². The van der Waals surface area contributed by atoms with E-state index in [0.717, 1.165) is 30.8 Å². The average Bonchev–Trinajstić information content (AvgIpc) is 3.07. The quantitative estimate of drug-likeness (QED) is 0.824. The fourth-order valence-corrected chi connectivity index (χ4v) is 2.54. The summed E-state index contributed by atoms with van der Waals surface area (Å²) in [6.07, 6.45) is 3.68. The molecule has 1 fully saturated rings. The maximum absolute atomic E-state index is 12.4. The zero-order valence-electron chi connectivity index (χ0n) is 11.0. The van der Waals surface area contributed by atoms with Crippen molar-refractivity contribution in [3.8, 4) is 0 Å². The predicted molar refractivity (Wildman–Crippen MR) is 67.5 cm³/mol. The van der Waals surface area contributed by atoms with Crippen molar-refractivity contribution in [2.45, 2.75) is 25.8 Å². The van der Waals surface area contributed by atoms with Crippen molar-refractivity contribution in [1.29, 1.82) is 0 Å². The third-order valence-corrected chi connectivity index (χ3v) is 3.43. The minimum Gasteiger partial charge on any atom is -0.361 e. The minimum absolute atomic E-state index is 0.00644. The summed E-state index contributed by atoms with van der Waals surface area (Å²) >= 11 is 0. The van der Waals surface area contributed by atoms with Gasteiger partial charge in [-0.05, 0) is 25.8 Å². The van der Waals surface area contributed by atoms with Gasteiger partial charge < -0.3 is 9.42 Å². The Bertz CT molecular complexity index is 601. The molecule has 3 heterocycles. The van der Waals surface area contributed by atoms with Crippen LogP contribution in [0.4, 0.5) is 0 Å². The van der Waals surface area contributed by atoms with Crippen LogP contribution in [0.3, 0.4) is 0 Å². The van der Waals surface area contributed by atoms with Crippen molar-refractivity contribution in [2.24, 2.45) is 7.05 Å². The lowest BCUT2D eigenvalue weighted by Crippen LogP contribution is -2.31. The van der Waals surface area contributed by atoms with Crippen LogP contribution < -0.4 is 0 Å². The summed E-state index contributed by atoms with van der Waals surface area (Å²) < 4.78 is 6.74. The molecule has 0 radical (unpaired) electrons. The fraction of sp³-hybridized carbons (Fsp3) is 0.462. The van der Waals surface area contributed by atoms with Crippen molar-refractivity contribution in [3.05, 3.63) is 35.5 Å². The lowest BCUT2D eigenvalue weighted by molar-refractivity contribution is 0.0724. The molecule has 1 saturated heterocycles. The van der Waals surface area contributed by atoms with Crippen molar-refractivity contribution in [2.75, 3.05) is 6.54 Å². The first-order chi connectivity index (χ1) is 9.15. The maximum atomic E-state index is 12.4. The lowest BCUT2D eigenvalue weighted by atomic mass is 10.1. The van der Waals surface area contributed by atoms with Crippen molar-refractivity contribution < 1.29 is 9.32 Å². The molecule has 6 heteroatoms. The molecule has 0 N–H and O–H groups in total. The normalized spacial score (nSPS) is 19.1. The molecule has 0 saturated carbocycles. The van der Waals surface area contributed by atoms with Gasteiger partial charge >= 0.3 is 0 Å². The van der Waals surface area contributed by atoms with Crippen LogP contribution >= 0.6 is 0 Å². The Morgan fingerprint density at radius 3 is 3.00 bits per heavy atom. The second-order valence-electron chi connectivity index (χ2n) is 4.89. The summed E-state index contributed by atoms with van der Waals surface area (Å²) in [5.74, 6) is 0.732. The molecule has 19 heavy (non-hydrogen) atoms. The van der Waals surface area contributed by atoms with Crippen LogP contribution in [0, 0.1) is 6.92 Å². The van der Waals surface area contributed by atoms with Crippen LogP contribution in [0.25, 0.3) is 0 Å². The topological polar surface area (TPSA) is 64.2 Å². The minimum atomic E-state index is -0.0382. The largest absolute Gasteiger partial charge is 0.361 e. The van der Waals surface area contributed by atoms with Gasteiger partial charge in [0.2, 0.25) is 0 Å². The van der Waals surface area contributed by atoms with Crippen molar-refractivity contribution in [3.63, 3.8) is 0 Å². The summed E-state index contributed by atoms with van der Waals surface area (Å²) in [5.41, 5.74) is 1.31. The van der Waals surface area contributed by atoms with Gasteiger partial charge in [0.1, 0.15) is 17.1 Å². The first-order valence-corrected chi connectivity index (χ1v) is 6.39. The second-order valence-corrected chi connectivity index (χ2v) is 4.89. The highest BCUT2D eigenvalue weighted by Gasteiger charge is 2.33. The molecular weight excluding hydrogens is 244 g/mol. The molecule has 6 nitrogen and oxygen atoms in total. The van der Waals surface area contributed by atoms with E-state index in [1.807, 2.05) is 17.9 Å². The van der Waals surface area contributed by atoms with E-state index in [9.17, 15) is 4.79 Å². The molecule has 0 aromatic carbocycles. The number of nitrogens with zero attached hydrogens (tertiary/aromatic N) is 4. The Kier molecular flexibility index (Phi) is 2.85. The average molecular weight is 260 g/mol. The Hall–Kier alpha value is -2.11. The molecule has 1 aliphatic heterocycles. The highest BCUT2D eigenvalue weighted by Crippen LogP contribution is 2.32. The molecule has 100 valence electrons. The standard InChI is InChI=1S/C13H16N4O2/c1-9-8-11(15-19-9)12-4-3-6-17(12)13(18)10-5-7-16(2)14-10/h5,7-8,12H,3-4,6H2,1-2H3/t12-/m1/s1. The third kappa shape index (κ3) is 2.14. The van der Waals surface area contributed by atoms with Gasteiger partial charge in [-0.25, -0.2) is 0 Å². The maximum Gasteiger partial charge on any atom is 0.274 e. The number of amides is 1. The zero-order chi connectivity index (χ0) is 13.4. The van der Waals surface area contributed by atoms with Gasteiger partial charge in [0.15, 0.2) is 0 Å². The van der Waals surface area contributed by atoms with Crippen LogP contribution in [0.2, 0.25) is 0 Å². The molecule has 2 aromatic heterocycles. The van der Waals surface area contributed by atoms with Gasteiger partial charge in [0.05, 0.1) is 6.04 Å². The van der Waals surface area contributed by atoms with Crippen molar-refractivity contribution >= 4 is 5.91 Å². The number of hydrogen-bond acceptors (Lipinski definition) is 4. The zero-order valence-corrected chi connectivity index (χ0v) is 11.0. The Morgan fingerprint density at radius 1 is 1.53 bits per heavy atom. The number of carbonyl (C=O) groups excluding carboxylic acids is 1. The summed E-state index contributed by atoms with van der Waals surface area (Å²) in [6.45, 7) is 2.60. The van der Waals surface area contributed by atoms with Gasteiger partial charge in [-0.2, -0.15) is 5.10 Å². The van der Waals surface area contributed by atoms with E-state index in [0.29, 0.717) is 5.69 Å². The molecular formula is C13H16N4O2. The van der Waals surface area contributed by atoms with Crippen molar-refractivity contribution in [1.82, 2.24) is 19.8 Å². The molecule has 3 rings (SSSR count). The number of rotatable bonds is 2. The van der Waals surface area contributed by atoms with E-state index < -0.39 is 0 Å². The van der Waals surface area contributed by atoms with Gasteiger partial charge in [0.25, 0.3) is 5.91 Å². The number of carbonyl (C=O) groups is 1. The summed E-state index contributed by atoms with van der Waals surface area (Å²) in [7, 11) is 1.80. The Morgan fingerprint density at radius 2 is 2.37 bits per heavy atom. The van der Waals surface area contributed by atoms with Gasteiger partial charge in [-0.3, -0.25) is 9.48 Å². The lowest BCUT2D eigenvalue weighted by Gasteiger charge is -2.21. The van der Waals surface area contributed by atoms with Crippen LogP contribution in [0.15, 0.2) is 22.9 Å². The molecule has 0 aliphatic carbocycles. The first-order valence-electron chi connectivity index (χ1n) is 6.39. The van der Waals surface area contributed by atoms with Gasteiger partial charge in [0, 0.05) is 25.9 Å². The third-order valence-electron chi connectivity index (χ3n) is 3.43. The smallest absolute Gasteiger partial charge is 0.274 e. The SMILES string of the molecule is Cc1cc([C@H]2CCCN2C(=O)c2ccn(C)n2)no1. The van der Waals surface area contributed by atoms with E-state index in [1.165, 1.54) is 0 Å². The Labute approximate surface area is 111 Å². The van der Waals surface area contributed by atoms with E-state index in [4.69, 9.17) is 4.52 Å². The van der Waals surface area contributed by atoms with E-state index in [1.54, 1.807) is 24.0 Å². The second kappa shape index (κ2) is 4.53.